The lowest BCUT2D eigenvalue weighted by Gasteiger charge is -1.96. The van der Waals surface area contributed by atoms with Crippen LogP contribution in [-0.2, 0) is 0 Å². The Labute approximate surface area is 64.5 Å². The predicted molar refractivity (Wildman–Crippen MR) is 40.6 cm³/mol. The van der Waals surface area contributed by atoms with Crippen molar-refractivity contribution in [2.24, 2.45) is 0 Å². The molecule has 7 heavy (non-hydrogen) atoms. The van der Waals surface area contributed by atoms with E-state index >= 15 is 0 Å². The summed E-state index contributed by atoms with van der Waals surface area (Å²) >= 11 is 6.75. The van der Waals surface area contributed by atoms with Crippen molar-refractivity contribution >= 4 is 40.3 Å². The molecule has 1 atom stereocenters. The van der Waals surface area contributed by atoms with E-state index in [4.69, 9.17) is 11.6 Å². The first-order valence-corrected chi connectivity index (χ1v) is 4.06. The molecule has 0 bridgehead atoms. The average Bonchev–Trinajstić information content (AvgIpc) is 1.65. The fourth-order valence-electron chi connectivity index (χ4n) is 0.109. The van der Waals surface area contributed by atoms with E-state index in [0.717, 1.165) is 10.7 Å². The van der Waals surface area contributed by atoms with Gasteiger partial charge in [0, 0.05) is 5.88 Å². The third-order valence-corrected chi connectivity index (χ3v) is 3.23. The van der Waals surface area contributed by atoms with Gasteiger partial charge in [-0.1, -0.05) is 18.1 Å². The third-order valence-electron chi connectivity index (χ3n) is 0.960. The van der Waals surface area contributed by atoms with Crippen LogP contribution >= 0.6 is 24.0 Å². The molecule has 0 nitrogen and oxygen atoms in total. The van der Waals surface area contributed by atoms with Gasteiger partial charge >= 0.3 is 0 Å². The molecule has 0 heterocycles. The number of halogens is 2. The monoisotopic (exact) mass is 156 g/mol. The molecule has 0 aliphatic heterocycles. The molecule has 0 aromatic carbocycles. The van der Waals surface area contributed by atoms with E-state index in [1.165, 1.54) is 22.7 Å². The van der Waals surface area contributed by atoms with Crippen molar-refractivity contribution in [3.05, 3.63) is 0 Å². The molecule has 0 aromatic heterocycles. The molecule has 0 fully saturated rings. The highest BCUT2D eigenvalue weighted by atomic mass is 35.5. The molecule has 0 saturated heterocycles. The molecular weight excluding hydrogens is 146 g/mol. The minimum Gasteiger partial charge on any atom is -0.147 e. The Hall–Kier alpha value is 1.11. The Bertz CT molecular complexity index is 28.9. The number of alkyl halides is 1. The van der Waals surface area contributed by atoms with Gasteiger partial charge in [-0.2, -0.15) is 0 Å². The maximum absolute atomic E-state index is 5.49. The van der Waals surface area contributed by atoms with Crippen LogP contribution in [0.2, 0.25) is 4.78 Å². The normalized spacial score (nSPS) is 12.3. The first kappa shape index (κ1) is 11.0. The molecule has 0 N–H and O–H groups in total. The van der Waals surface area contributed by atoms with Gasteiger partial charge in [0.25, 0.3) is 0 Å². The summed E-state index contributed by atoms with van der Waals surface area (Å²) < 4.78 is 0.840. The zero-order chi connectivity index (χ0) is 4.99. The summed E-state index contributed by atoms with van der Waals surface area (Å²) in [6, 6.07) is 0. The number of rotatable bonds is 2. The van der Waals surface area contributed by atoms with E-state index in [-0.39, 0.29) is 12.4 Å². The molecule has 0 aromatic rings. The molecule has 3 heteroatoms. The maximum Gasteiger partial charge on any atom is 0.218 e. The minimum atomic E-state index is 0. The molecule has 0 rings (SSSR count). The van der Waals surface area contributed by atoms with Crippen LogP contribution in [0.1, 0.15) is 13.3 Å². The van der Waals surface area contributed by atoms with Crippen molar-refractivity contribution in [2.45, 2.75) is 18.1 Å². The van der Waals surface area contributed by atoms with Gasteiger partial charge in [0.05, 0.1) is 0 Å². The quantitative estimate of drug-likeness (QED) is 0.420. The largest absolute Gasteiger partial charge is 0.218 e. The smallest absolute Gasteiger partial charge is 0.147 e. The highest BCUT2D eigenvalue weighted by Gasteiger charge is 1.91. The van der Waals surface area contributed by atoms with Gasteiger partial charge in [0.1, 0.15) is 0 Å². The van der Waals surface area contributed by atoms with Crippen LogP contribution in [-0.4, -0.2) is 22.2 Å². The van der Waals surface area contributed by atoms with Crippen molar-refractivity contribution in [2.75, 3.05) is 5.88 Å². The lowest BCUT2D eigenvalue weighted by atomic mass is 10.4. The summed E-state index contributed by atoms with van der Waals surface area (Å²) in [5.74, 6) is 0.864. The van der Waals surface area contributed by atoms with Crippen LogP contribution in [0.25, 0.3) is 0 Å². The van der Waals surface area contributed by atoms with Crippen molar-refractivity contribution < 1.29 is 0 Å². The maximum atomic E-state index is 5.49. The zero-order valence-corrected chi connectivity index (χ0v) is 8.35. The molecule has 0 saturated carbocycles. The van der Waals surface area contributed by atoms with Crippen LogP contribution < -0.4 is 0 Å². The Kier molecular flexibility index (Phi) is 11.2. The highest BCUT2D eigenvalue weighted by molar-refractivity contribution is 6.24. The van der Waals surface area contributed by atoms with Crippen molar-refractivity contribution in [1.29, 1.82) is 0 Å². The summed E-state index contributed by atoms with van der Waals surface area (Å²) in [5.41, 5.74) is 0. The van der Waals surface area contributed by atoms with E-state index in [9.17, 15) is 0 Å². The molecule has 0 aliphatic carbocycles. The van der Waals surface area contributed by atoms with Crippen molar-refractivity contribution in [3.63, 3.8) is 0 Å². The van der Waals surface area contributed by atoms with Gasteiger partial charge < -0.3 is 0 Å². The van der Waals surface area contributed by atoms with Gasteiger partial charge in [-0.3, -0.25) is 0 Å². The van der Waals surface area contributed by atoms with Crippen LogP contribution in [0, 0.1) is 0 Å². The van der Waals surface area contributed by atoms with Gasteiger partial charge in [0.15, 0.2) is 0 Å². The van der Waals surface area contributed by atoms with E-state index in [1.807, 2.05) is 0 Å². The summed E-state index contributed by atoms with van der Waals surface area (Å²) in [7, 11) is 0. The standard InChI is InChI=1S/C4H8Cl.Al.ClH.2H/c1-2-3-4-5;;;;/h3H,2,4H2,1H3;;1H;;. The first-order chi connectivity index (χ1) is 2.81. The van der Waals surface area contributed by atoms with Gasteiger partial charge in [0.2, 0.25) is 16.3 Å². The summed E-state index contributed by atoms with van der Waals surface area (Å²) in [4.78, 5) is 0. The molecule has 0 spiro atoms. The SMILES string of the molecule is CC[CH]([AlH2])CCl.Cl. The average molecular weight is 157 g/mol. The molecule has 1 unspecified atom stereocenters. The predicted octanol–water partition coefficient (Wildman–Crippen LogP) is 1.48. The van der Waals surface area contributed by atoms with E-state index in [2.05, 4.69) is 6.92 Å². The van der Waals surface area contributed by atoms with E-state index < -0.39 is 0 Å². The lowest BCUT2D eigenvalue weighted by Crippen LogP contribution is -1.88. The Morgan fingerprint density at radius 2 is 2.14 bits per heavy atom. The van der Waals surface area contributed by atoms with Crippen molar-refractivity contribution in [1.82, 2.24) is 0 Å². The molecule has 0 aliphatic rings. The van der Waals surface area contributed by atoms with Crippen LogP contribution in [0.15, 0.2) is 0 Å². The van der Waals surface area contributed by atoms with E-state index in [0.29, 0.717) is 0 Å². The zero-order valence-electron chi connectivity index (χ0n) is 4.78. The summed E-state index contributed by atoms with van der Waals surface area (Å²) in [6.45, 7) is 2.18. The lowest BCUT2D eigenvalue weighted by molar-refractivity contribution is 0.887. The minimum absolute atomic E-state index is 0. The Morgan fingerprint density at radius 3 is 2.14 bits per heavy atom. The van der Waals surface area contributed by atoms with E-state index in [1.54, 1.807) is 0 Å². The van der Waals surface area contributed by atoms with Crippen LogP contribution in [0.5, 0.6) is 0 Å². The molecule has 0 amide bonds. The Balaban J connectivity index is 0. The third kappa shape index (κ3) is 7.11. The second-order valence-corrected chi connectivity index (χ2v) is 3.61. The van der Waals surface area contributed by atoms with Crippen LogP contribution in [0.4, 0.5) is 0 Å². The first-order valence-electron chi connectivity index (χ1n) is 2.37. The topological polar surface area (TPSA) is 0 Å². The number of hydrogen-bond donors (Lipinski definition) is 0. The number of hydrogen-bond acceptors (Lipinski definition) is 0. The molecular formula is C4H11AlCl2. The highest BCUT2D eigenvalue weighted by Crippen LogP contribution is 2.04. The van der Waals surface area contributed by atoms with Gasteiger partial charge in [-0.15, -0.1) is 24.0 Å². The van der Waals surface area contributed by atoms with Gasteiger partial charge in [-0.25, -0.2) is 0 Å². The fraction of sp³-hybridized carbons (Fsp3) is 1.00. The van der Waals surface area contributed by atoms with Gasteiger partial charge in [-0.05, 0) is 0 Å². The molecule has 44 valence electrons. The second-order valence-electron chi connectivity index (χ2n) is 1.67. The van der Waals surface area contributed by atoms with Crippen molar-refractivity contribution in [3.8, 4) is 0 Å². The fourth-order valence-corrected chi connectivity index (χ4v) is 0.327. The van der Waals surface area contributed by atoms with Crippen LogP contribution in [0.3, 0.4) is 0 Å². The second kappa shape index (κ2) is 7.11. The Morgan fingerprint density at radius 1 is 1.71 bits per heavy atom. The summed E-state index contributed by atoms with van der Waals surface area (Å²) in [5, 5.41) is 0. The molecule has 0 radical (unpaired) electrons. The summed E-state index contributed by atoms with van der Waals surface area (Å²) in [6.07, 6.45) is 1.26.